The normalized spacial score (nSPS) is 15.5. The quantitative estimate of drug-likeness (QED) is 0.447. The third-order valence-corrected chi connectivity index (χ3v) is 6.14. The van der Waals surface area contributed by atoms with Crippen LogP contribution in [0.5, 0.6) is 0 Å². The molecule has 0 N–H and O–H groups in total. The number of benzene rings is 2. The van der Waals surface area contributed by atoms with Gasteiger partial charge in [0.1, 0.15) is 5.58 Å². The molecule has 2 aliphatic rings. The lowest BCUT2D eigenvalue weighted by Gasteiger charge is -2.15. The van der Waals surface area contributed by atoms with Crippen LogP contribution in [0.15, 0.2) is 47.1 Å². The third kappa shape index (κ3) is 3.85. The highest BCUT2D eigenvalue weighted by Crippen LogP contribution is 2.30. The second-order valence-corrected chi connectivity index (χ2v) is 8.19. The number of furan rings is 1. The summed E-state index contributed by atoms with van der Waals surface area (Å²) in [5, 5.41) is 0.941. The summed E-state index contributed by atoms with van der Waals surface area (Å²) < 4.78 is 10.9. The van der Waals surface area contributed by atoms with Gasteiger partial charge in [0.25, 0.3) is 0 Å². The molecular weight excluding hydrogens is 394 g/mol. The van der Waals surface area contributed by atoms with Gasteiger partial charge in [0.15, 0.2) is 12.4 Å². The number of amides is 1. The van der Waals surface area contributed by atoms with Crippen molar-refractivity contribution in [2.24, 2.45) is 0 Å². The zero-order chi connectivity index (χ0) is 21.4. The average molecular weight is 417 g/mol. The third-order valence-electron chi connectivity index (χ3n) is 6.14. The minimum absolute atomic E-state index is 0.0646. The molecule has 0 spiro atoms. The van der Waals surface area contributed by atoms with Gasteiger partial charge in [-0.2, -0.15) is 0 Å². The molecule has 31 heavy (non-hydrogen) atoms. The Bertz CT molecular complexity index is 1170. The minimum atomic E-state index is -0.462. The number of esters is 1. The van der Waals surface area contributed by atoms with E-state index in [1.54, 1.807) is 35.4 Å². The first kappa shape index (κ1) is 19.5. The Morgan fingerprint density at radius 2 is 1.77 bits per heavy atom. The molecule has 0 saturated carbocycles. The van der Waals surface area contributed by atoms with Crippen molar-refractivity contribution in [3.63, 3.8) is 0 Å². The van der Waals surface area contributed by atoms with Crippen LogP contribution >= 0.6 is 0 Å². The second-order valence-electron chi connectivity index (χ2n) is 8.19. The lowest BCUT2D eigenvalue weighted by molar-refractivity contribution is -0.141. The second kappa shape index (κ2) is 8.02. The molecule has 1 aliphatic heterocycles. The van der Waals surface area contributed by atoms with E-state index in [4.69, 9.17) is 9.15 Å². The van der Waals surface area contributed by atoms with Crippen LogP contribution < -0.4 is 4.90 Å². The Labute approximate surface area is 179 Å². The average Bonchev–Trinajstić information content (AvgIpc) is 3.51. The van der Waals surface area contributed by atoms with E-state index in [-0.39, 0.29) is 24.7 Å². The molecular formula is C25H23NO5. The van der Waals surface area contributed by atoms with E-state index in [0.717, 1.165) is 47.9 Å². The maximum absolute atomic E-state index is 12.4. The van der Waals surface area contributed by atoms with E-state index in [9.17, 15) is 14.4 Å². The van der Waals surface area contributed by atoms with Crippen LogP contribution in [0.25, 0.3) is 11.0 Å². The van der Waals surface area contributed by atoms with Crippen LogP contribution in [0, 0.1) is 0 Å². The number of ketones is 1. The Balaban J connectivity index is 1.19. The molecule has 2 aromatic carbocycles. The first-order chi connectivity index (χ1) is 15.1. The van der Waals surface area contributed by atoms with E-state index in [2.05, 4.69) is 12.1 Å². The van der Waals surface area contributed by atoms with Gasteiger partial charge in [-0.05, 0) is 73.2 Å². The van der Waals surface area contributed by atoms with Crippen LogP contribution in [-0.4, -0.2) is 30.8 Å². The molecule has 1 amide bonds. The van der Waals surface area contributed by atoms with Gasteiger partial charge in [0.05, 0.1) is 12.7 Å². The topological polar surface area (TPSA) is 76.8 Å². The number of aryl methyl sites for hydroxylation is 2. The molecule has 5 rings (SSSR count). The number of carbonyl (C=O) groups excluding carboxylic acids is 3. The van der Waals surface area contributed by atoms with Crippen LogP contribution in [0.1, 0.15) is 46.3 Å². The van der Waals surface area contributed by atoms with E-state index in [0.29, 0.717) is 18.5 Å². The highest BCUT2D eigenvalue weighted by Gasteiger charge is 2.22. The van der Waals surface area contributed by atoms with E-state index in [1.165, 1.54) is 11.1 Å². The molecule has 0 bridgehead atoms. The smallest absolute Gasteiger partial charge is 0.310 e. The maximum atomic E-state index is 12.4. The minimum Gasteiger partial charge on any atom is -0.464 e. The first-order valence-electron chi connectivity index (χ1n) is 10.7. The Hall–Kier alpha value is -3.41. The Kier molecular flexibility index (Phi) is 5.06. The summed E-state index contributed by atoms with van der Waals surface area (Å²) >= 11 is 0. The van der Waals surface area contributed by atoms with Gasteiger partial charge < -0.3 is 14.1 Å². The number of hydrogen-bond donors (Lipinski definition) is 0. The number of Topliss-reactive ketones (excluding diaryl/α,β-unsaturated/α-hetero) is 1. The number of anilines is 1. The van der Waals surface area contributed by atoms with Crippen LogP contribution in [-0.2, 0) is 33.6 Å². The molecule has 0 unspecified atom stereocenters. The van der Waals surface area contributed by atoms with Crippen molar-refractivity contribution in [2.45, 2.75) is 38.5 Å². The summed E-state index contributed by atoms with van der Waals surface area (Å²) in [7, 11) is 0. The van der Waals surface area contributed by atoms with Crippen molar-refractivity contribution < 1.29 is 23.5 Å². The largest absolute Gasteiger partial charge is 0.464 e. The summed E-state index contributed by atoms with van der Waals surface area (Å²) in [6, 6.07) is 11.0. The van der Waals surface area contributed by atoms with Crippen molar-refractivity contribution in [2.75, 3.05) is 18.1 Å². The molecule has 2 heterocycles. The van der Waals surface area contributed by atoms with Gasteiger partial charge in [-0.3, -0.25) is 14.4 Å². The lowest BCUT2D eigenvalue weighted by atomic mass is 10.0. The first-order valence-corrected chi connectivity index (χ1v) is 10.7. The molecule has 1 saturated heterocycles. The molecule has 1 aliphatic carbocycles. The zero-order valence-corrected chi connectivity index (χ0v) is 17.2. The summed E-state index contributed by atoms with van der Waals surface area (Å²) in [4.78, 5) is 38.3. The lowest BCUT2D eigenvalue weighted by Crippen LogP contribution is -2.23. The van der Waals surface area contributed by atoms with Gasteiger partial charge in [-0.25, -0.2) is 0 Å². The monoisotopic (exact) mass is 417 g/mol. The van der Waals surface area contributed by atoms with Gasteiger partial charge >= 0.3 is 5.97 Å². The SMILES string of the molecule is O=C(Cc1coc2cc3c(cc12)CCC3)OCC(=O)c1ccc(N2CCCC2=O)cc1. The van der Waals surface area contributed by atoms with Gasteiger partial charge in [-0.1, -0.05) is 0 Å². The van der Waals surface area contributed by atoms with E-state index >= 15 is 0 Å². The highest BCUT2D eigenvalue weighted by molar-refractivity contribution is 5.99. The van der Waals surface area contributed by atoms with Crippen LogP contribution in [0.4, 0.5) is 5.69 Å². The molecule has 0 radical (unpaired) electrons. The van der Waals surface area contributed by atoms with E-state index < -0.39 is 5.97 Å². The molecule has 0 atom stereocenters. The van der Waals surface area contributed by atoms with E-state index in [1.807, 2.05) is 0 Å². The predicted octanol–water partition coefficient (Wildman–Crippen LogP) is 4.02. The van der Waals surface area contributed by atoms with Crippen molar-refractivity contribution in [3.05, 3.63) is 64.9 Å². The van der Waals surface area contributed by atoms with Gasteiger partial charge in [0.2, 0.25) is 5.91 Å². The summed E-state index contributed by atoms with van der Waals surface area (Å²) in [5.41, 5.74) is 5.44. The fourth-order valence-corrected chi connectivity index (χ4v) is 4.47. The Morgan fingerprint density at radius 3 is 2.52 bits per heavy atom. The zero-order valence-electron chi connectivity index (χ0n) is 17.2. The van der Waals surface area contributed by atoms with Crippen LogP contribution in [0.2, 0.25) is 0 Å². The number of fused-ring (bicyclic) bond motifs is 2. The number of ether oxygens (including phenoxy) is 1. The number of carbonyl (C=O) groups is 3. The highest BCUT2D eigenvalue weighted by atomic mass is 16.5. The molecule has 3 aromatic rings. The summed E-state index contributed by atoms with van der Waals surface area (Å²) in [6.45, 7) is 0.390. The molecule has 6 heteroatoms. The fourth-order valence-electron chi connectivity index (χ4n) is 4.47. The maximum Gasteiger partial charge on any atom is 0.310 e. The molecule has 1 fully saturated rings. The molecule has 158 valence electrons. The summed E-state index contributed by atoms with van der Waals surface area (Å²) in [6.07, 6.45) is 6.35. The number of rotatable bonds is 6. The Morgan fingerprint density at radius 1 is 1.00 bits per heavy atom. The number of nitrogens with zero attached hydrogens (tertiary/aromatic N) is 1. The predicted molar refractivity (Wildman–Crippen MR) is 115 cm³/mol. The summed E-state index contributed by atoms with van der Waals surface area (Å²) in [5.74, 6) is -0.636. The van der Waals surface area contributed by atoms with Crippen molar-refractivity contribution >= 4 is 34.3 Å². The van der Waals surface area contributed by atoms with Gasteiger partial charge in [-0.15, -0.1) is 0 Å². The van der Waals surface area contributed by atoms with Crippen molar-refractivity contribution in [3.8, 4) is 0 Å². The standard InChI is InChI=1S/C25H23NO5/c27-22(16-6-8-20(9-7-16)26-10-2-5-24(26)28)15-31-25(29)13-19-14-30-23-12-18-4-1-3-17(18)11-21(19)23/h6-9,11-12,14H,1-5,10,13,15H2. The van der Waals surface area contributed by atoms with Crippen molar-refractivity contribution in [1.29, 1.82) is 0 Å². The molecule has 1 aromatic heterocycles. The number of hydrogen-bond acceptors (Lipinski definition) is 5. The van der Waals surface area contributed by atoms with Gasteiger partial charge in [0, 0.05) is 35.2 Å². The van der Waals surface area contributed by atoms with Crippen molar-refractivity contribution in [1.82, 2.24) is 0 Å². The molecule has 6 nitrogen and oxygen atoms in total. The van der Waals surface area contributed by atoms with Crippen LogP contribution in [0.3, 0.4) is 0 Å². The fraction of sp³-hybridized carbons (Fsp3) is 0.320.